The van der Waals surface area contributed by atoms with E-state index in [1.807, 2.05) is 41.1 Å². The predicted octanol–water partition coefficient (Wildman–Crippen LogP) is 2.77. The molecule has 1 aromatic carbocycles. The smallest absolute Gasteiger partial charge is 0.221 e. The lowest BCUT2D eigenvalue weighted by atomic mass is 10.3. The average Bonchev–Trinajstić information content (AvgIpc) is 2.79. The molecule has 0 bridgehead atoms. The molecule has 2 aromatic rings. The molecule has 1 heterocycles. The molecular formula is C14H16N4O. The molecule has 0 spiro atoms. The Labute approximate surface area is 112 Å². The number of hydrogen-bond donors (Lipinski definition) is 2. The third-order valence-electron chi connectivity index (χ3n) is 2.50. The van der Waals surface area contributed by atoms with Gasteiger partial charge in [0.1, 0.15) is 0 Å². The molecule has 0 aliphatic carbocycles. The Kier molecular flexibility index (Phi) is 3.97. The molecule has 0 saturated carbocycles. The Morgan fingerprint density at radius 3 is 2.68 bits per heavy atom. The second-order valence-corrected chi connectivity index (χ2v) is 4.08. The standard InChI is InChI=1S/C14H16N4O/c1-3-9-18-10-8-15-14(18)17-13-6-4-12(5-7-13)16-11(2)19/h3-8,10H,1,9H2,2H3,(H,15,17)(H,16,19). The van der Waals surface area contributed by atoms with Crippen LogP contribution in [0.2, 0.25) is 0 Å². The number of carbonyl (C=O) groups excluding carboxylic acids is 1. The maximum Gasteiger partial charge on any atom is 0.221 e. The van der Waals surface area contributed by atoms with Gasteiger partial charge in [-0.3, -0.25) is 4.79 Å². The lowest BCUT2D eigenvalue weighted by molar-refractivity contribution is -0.114. The first-order chi connectivity index (χ1) is 9.19. The summed E-state index contributed by atoms with van der Waals surface area (Å²) in [4.78, 5) is 15.2. The summed E-state index contributed by atoms with van der Waals surface area (Å²) in [5.41, 5.74) is 1.68. The van der Waals surface area contributed by atoms with Crippen LogP contribution in [0.15, 0.2) is 49.3 Å². The number of anilines is 3. The highest BCUT2D eigenvalue weighted by Gasteiger charge is 2.02. The highest BCUT2D eigenvalue weighted by Crippen LogP contribution is 2.17. The Morgan fingerprint density at radius 1 is 1.37 bits per heavy atom. The third kappa shape index (κ3) is 3.45. The summed E-state index contributed by atoms with van der Waals surface area (Å²) >= 11 is 0. The fourth-order valence-electron chi connectivity index (χ4n) is 1.69. The minimum Gasteiger partial charge on any atom is -0.326 e. The van der Waals surface area contributed by atoms with Gasteiger partial charge in [-0.1, -0.05) is 6.08 Å². The summed E-state index contributed by atoms with van der Waals surface area (Å²) in [5, 5.41) is 5.93. The van der Waals surface area contributed by atoms with Crippen LogP contribution in [0, 0.1) is 0 Å². The van der Waals surface area contributed by atoms with Gasteiger partial charge in [0, 0.05) is 37.2 Å². The van der Waals surface area contributed by atoms with Crippen molar-refractivity contribution in [3.8, 4) is 0 Å². The van der Waals surface area contributed by atoms with Crippen molar-refractivity contribution < 1.29 is 4.79 Å². The monoisotopic (exact) mass is 256 g/mol. The van der Waals surface area contributed by atoms with Gasteiger partial charge >= 0.3 is 0 Å². The number of nitrogens with one attached hydrogen (secondary N) is 2. The van der Waals surface area contributed by atoms with E-state index in [0.717, 1.165) is 17.3 Å². The maximum absolute atomic E-state index is 10.9. The molecule has 0 saturated heterocycles. The average molecular weight is 256 g/mol. The zero-order valence-electron chi connectivity index (χ0n) is 10.8. The number of hydrogen-bond acceptors (Lipinski definition) is 3. The summed E-state index contributed by atoms with van der Waals surface area (Å²) in [5.74, 6) is 0.675. The number of allylic oxidation sites excluding steroid dienone is 1. The molecule has 19 heavy (non-hydrogen) atoms. The van der Waals surface area contributed by atoms with Gasteiger partial charge in [-0.15, -0.1) is 6.58 Å². The summed E-state index contributed by atoms with van der Waals surface area (Å²) < 4.78 is 1.95. The lowest BCUT2D eigenvalue weighted by Crippen LogP contribution is -2.06. The topological polar surface area (TPSA) is 59.0 Å². The molecule has 0 aliphatic rings. The molecule has 2 rings (SSSR count). The van der Waals surface area contributed by atoms with Crippen LogP contribution in [0.25, 0.3) is 0 Å². The SMILES string of the molecule is C=CCn1ccnc1Nc1ccc(NC(C)=O)cc1. The molecule has 2 N–H and O–H groups in total. The maximum atomic E-state index is 10.9. The van der Waals surface area contributed by atoms with Crippen LogP contribution in [-0.2, 0) is 11.3 Å². The van der Waals surface area contributed by atoms with Crippen molar-refractivity contribution >= 4 is 23.2 Å². The number of rotatable bonds is 5. The van der Waals surface area contributed by atoms with E-state index in [9.17, 15) is 4.79 Å². The van der Waals surface area contributed by atoms with Crippen molar-refractivity contribution in [3.63, 3.8) is 0 Å². The molecule has 0 fully saturated rings. The molecule has 1 aromatic heterocycles. The van der Waals surface area contributed by atoms with E-state index in [2.05, 4.69) is 22.2 Å². The molecule has 98 valence electrons. The third-order valence-corrected chi connectivity index (χ3v) is 2.50. The van der Waals surface area contributed by atoms with Crippen molar-refractivity contribution in [2.75, 3.05) is 10.6 Å². The van der Waals surface area contributed by atoms with E-state index in [0.29, 0.717) is 6.54 Å². The first-order valence-electron chi connectivity index (χ1n) is 5.96. The summed E-state index contributed by atoms with van der Waals surface area (Å²) in [6.07, 6.45) is 5.43. The molecule has 0 atom stereocenters. The van der Waals surface area contributed by atoms with Crippen molar-refractivity contribution in [2.45, 2.75) is 13.5 Å². The van der Waals surface area contributed by atoms with Crippen molar-refractivity contribution in [1.29, 1.82) is 0 Å². The lowest BCUT2D eigenvalue weighted by Gasteiger charge is -2.09. The van der Waals surface area contributed by atoms with Gasteiger partial charge in [0.15, 0.2) is 0 Å². The van der Waals surface area contributed by atoms with E-state index in [1.54, 1.807) is 6.20 Å². The molecule has 0 unspecified atom stereocenters. The second kappa shape index (κ2) is 5.86. The number of imidazole rings is 1. The molecule has 5 heteroatoms. The van der Waals surface area contributed by atoms with Gasteiger partial charge in [0.05, 0.1) is 0 Å². The fraction of sp³-hybridized carbons (Fsp3) is 0.143. The number of amides is 1. The summed E-state index contributed by atoms with van der Waals surface area (Å²) in [6, 6.07) is 7.45. The van der Waals surface area contributed by atoms with Gasteiger partial charge in [-0.2, -0.15) is 0 Å². The number of carbonyl (C=O) groups is 1. The van der Waals surface area contributed by atoms with Crippen molar-refractivity contribution in [1.82, 2.24) is 9.55 Å². The molecule has 0 aliphatic heterocycles. The second-order valence-electron chi connectivity index (χ2n) is 4.08. The van der Waals surface area contributed by atoms with Crippen molar-refractivity contribution in [2.24, 2.45) is 0 Å². The highest BCUT2D eigenvalue weighted by molar-refractivity contribution is 5.88. The van der Waals surface area contributed by atoms with Gasteiger partial charge in [-0.05, 0) is 24.3 Å². The normalized spacial score (nSPS) is 9.95. The fourth-order valence-corrected chi connectivity index (χ4v) is 1.69. The Bertz CT molecular complexity index is 571. The van der Waals surface area contributed by atoms with Crippen LogP contribution in [0.4, 0.5) is 17.3 Å². The zero-order valence-corrected chi connectivity index (χ0v) is 10.8. The van der Waals surface area contributed by atoms with Crippen LogP contribution >= 0.6 is 0 Å². The van der Waals surface area contributed by atoms with Crippen LogP contribution in [0.1, 0.15) is 6.92 Å². The largest absolute Gasteiger partial charge is 0.326 e. The van der Waals surface area contributed by atoms with E-state index in [1.165, 1.54) is 6.92 Å². The number of benzene rings is 1. The number of aromatic nitrogens is 2. The minimum atomic E-state index is -0.0813. The van der Waals surface area contributed by atoms with Gasteiger partial charge < -0.3 is 15.2 Å². The molecule has 1 amide bonds. The number of nitrogens with zero attached hydrogens (tertiary/aromatic N) is 2. The minimum absolute atomic E-state index is 0.0813. The van der Waals surface area contributed by atoms with Crippen LogP contribution in [0.5, 0.6) is 0 Å². The van der Waals surface area contributed by atoms with E-state index in [-0.39, 0.29) is 5.91 Å². The van der Waals surface area contributed by atoms with Crippen LogP contribution in [-0.4, -0.2) is 15.5 Å². The Hall–Kier alpha value is -2.56. The summed E-state index contributed by atoms with van der Waals surface area (Å²) in [7, 11) is 0. The van der Waals surface area contributed by atoms with E-state index in [4.69, 9.17) is 0 Å². The van der Waals surface area contributed by atoms with Gasteiger partial charge in [0.2, 0.25) is 11.9 Å². The summed E-state index contributed by atoms with van der Waals surface area (Å²) in [6.45, 7) is 5.89. The van der Waals surface area contributed by atoms with Gasteiger partial charge in [0.25, 0.3) is 0 Å². The molecular weight excluding hydrogens is 240 g/mol. The predicted molar refractivity (Wildman–Crippen MR) is 76.5 cm³/mol. The Morgan fingerprint density at radius 2 is 2.05 bits per heavy atom. The van der Waals surface area contributed by atoms with Crippen LogP contribution in [0.3, 0.4) is 0 Å². The Balaban J connectivity index is 2.08. The first-order valence-corrected chi connectivity index (χ1v) is 5.96. The zero-order chi connectivity index (χ0) is 13.7. The van der Waals surface area contributed by atoms with Gasteiger partial charge in [-0.25, -0.2) is 4.98 Å². The highest BCUT2D eigenvalue weighted by atomic mass is 16.1. The quantitative estimate of drug-likeness (QED) is 0.809. The first kappa shape index (κ1) is 12.9. The molecule has 5 nitrogen and oxygen atoms in total. The van der Waals surface area contributed by atoms with Crippen LogP contribution < -0.4 is 10.6 Å². The molecule has 0 radical (unpaired) electrons. The van der Waals surface area contributed by atoms with Crippen molar-refractivity contribution in [3.05, 3.63) is 49.3 Å². The van der Waals surface area contributed by atoms with E-state index >= 15 is 0 Å². The van der Waals surface area contributed by atoms with E-state index < -0.39 is 0 Å².